The molecule has 4 rings (SSSR count). The molecule has 0 saturated carbocycles. The molecule has 7 heteroatoms. The Hall–Kier alpha value is -2.22. The smallest absolute Gasteiger partial charge is 0.251 e. The molecule has 0 aliphatic rings. The van der Waals surface area contributed by atoms with Crippen LogP contribution in [0.15, 0.2) is 88.2 Å². The average molecular weight is 476 g/mol. The standard InChI is InChI=1S/C21H15BrFNO2S2/c22-20-17-11-5-7-13-19(17)27-21(20)24(14-15-8-4-6-12-18(15)23)28(25,26)16-9-2-1-3-10-16/h1-13H,14H2. The summed E-state index contributed by atoms with van der Waals surface area (Å²) in [7, 11) is -3.89. The minimum atomic E-state index is -3.89. The SMILES string of the molecule is O=S(=O)(c1ccccc1)N(Cc1ccccc1F)c1sc2ccccc2c1Br. The summed E-state index contributed by atoms with van der Waals surface area (Å²) in [6.45, 7) is -0.102. The van der Waals surface area contributed by atoms with Gasteiger partial charge in [-0.15, -0.1) is 11.3 Å². The molecule has 0 N–H and O–H groups in total. The third-order valence-electron chi connectivity index (χ3n) is 4.35. The van der Waals surface area contributed by atoms with E-state index < -0.39 is 15.8 Å². The second-order valence-corrected chi connectivity index (χ2v) is 9.82. The number of benzene rings is 3. The van der Waals surface area contributed by atoms with E-state index in [4.69, 9.17) is 0 Å². The molecule has 142 valence electrons. The lowest BCUT2D eigenvalue weighted by Gasteiger charge is -2.24. The van der Waals surface area contributed by atoms with Crippen molar-refractivity contribution in [2.75, 3.05) is 4.31 Å². The van der Waals surface area contributed by atoms with Crippen LogP contribution in [0.5, 0.6) is 0 Å². The Morgan fingerprint density at radius 2 is 1.54 bits per heavy atom. The maximum Gasteiger partial charge on any atom is 0.265 e. The van der Waals surface area contributed by atoms with Crippen LogP contribution in [-0.4, -0.2) is 8.42 Å². The van der Waals surface area contributed by atoms with Crippen LogP contribution < -0.4 is 4.31 Å². The van der Waals surface area contributed by atoms with Gasteiger partial charge in [0.1, 0.15) is 10.8 Å². The van der Waals surface area contributed by atoms with Gasteiger partial charge >= 0.3 is 0 Å². The number of fused-ring (bicyclic) bond motifs is 1. The first-order chi connectivity index (χ1) is 13.5. The zero-order chi connectivity index (χ0) is 19.7. The maximum atomic E-state index is 14.3. The Morgan fingerprint density at radius 1 is 0.893 bits per heavy atom. The predicted octanol–water partition coefficient (Wildman–Crippen LogP) is 6.20. The number of hydrogen-bond donors (Lipinski definition) is 0. The van der Waals surface area contributed by atoms with E-state index in [9.17, 15) is 12.8 Å². The molecule has 0 bridgehead atoms. The van der Waals surface area contributed by atoms with E-state index in [2.05, 4.69) is 15.9 Å². The largest absolute Gasteiger partial charge is 0.265 e. The fourth-order valence-corrected chi connectivity index (χ4v) is 6.76. The second-order valence-electron chi connectivity index (χ2n) is 6.13. The number of thiophene rings is 1. The third kappa shape index (κ3) is 3.45. The van der Waals surface area contributed by atoms with Crippen LogP contribution in [0.3, 0.4) is 0 Å². The number of halogens is 2. The Balaban J connectivity index is 1.91. The van der Waals surface area contributed by atoms with Gasteiger partial charge in [-0.25, -0.2) is 12.8 Å². The molecule has 0 radical (unpaired) electrons. The molecule has 0 aliphatic heterocycles. The summed E-state index contributed by atoms with van der Waals surface area (Å²) >= 11 is 4.92. The van der Waals surface area contributed by atoms with Gasteiger partial charge in [0.15, 0.2) is 0 Å². The predicted molar refractivity (Wildman–Crippen MR) is 116 cm³/mol. The van der Waals surface area contributed by atoms with Gasteiger partial charge in [-0.05, 0) is 40.2 Å². The first-order valence-corrected chi connectivity index (χ1v) is 11.5. The molecule has 1 heterocycles. The van der Waals surface area contributed by atoms with E-state index in [1.165, 1.54) is 21.7 Å². The molecule has 0 saturated heterocycles. The summed E-state index contributed by atoms with van der Waals surface area (Å²) in [6.07, 6.45) is 0. The Bertz CT molecular complexity index is 1240. The summed E-state index contributed by atoms with van der Waals surface area (Å²) in [6, 6.07) is 22.1. The van der Waals surface area contributed by atoms with Gasteiger partial charge in [-0.2, -0.15) is 0 Å². The van der Waals surface area contributed by atoms with Crippen LogP contribution in [0.2, 0.25) is 0 Å². The van der Waals surface area contributed by atoms with E-state index in [1.54, 1.807) is 48.5 Å². The minimum Gasteiger partial charge on any atom is -0.251 e. The molecule has 4 aromatic rings. The Morgan fingerprint density at radius 3 is 2.25 bits per heavy atom. The minimum absolute atomic E-state index is 0.102. The van der Waals surface area contributed by atoms with Crippen LogP contribution >= 0.6 is 27.3 Å². The highest BCUT2D eigenvalue weighted by Crippen LogP contribution is 2.44. The van der Waals surface area contributed by atoms with E-state index in [-0.39, 0.29) is 11.4 Å². The molecule has 1 aromatic heterocycles. The highest BCUT2D eigenvalue weighted by molar-refractivity contribution is 9.10. The maximum absolute atomic E-state index is 14.3. The molecular weight excluding hydrogens is 461 g/mol. The highest BCUT2D eigenvalue weighted by Gasteiger charge is 2.29. The van der Waals surface area contributed by atoms with Crippen molar-refractivity contribution in [3.63, 3.8) is 0 Å². The molecule has 0 amide bonds. The van der Waals surface area contributed by atoms with Crippen LogP contribution in [0.4, 0.5) is 9.39 Å². The summed E-state index contributed by atoms with van der Waals surface area (Å²) in [5.41, 5.74) is 0.311. The summed E-state index contributed by atoms with van der Waals surface area (Å²) < 4.78 is 44.2. The first-order valence-electron chi connectivity index (χ1n) is 8.47. The number of sulfonamides is 1. The zero-order valence-electron chi connectivity index (χ0n) is 14.5. The fraction of sp³-hybridized carbons (Fsp3) is 0.0476. The van der Waals surface area contributed by atoms with Crippen LogP contribution in [0.1, 0.15) is 5.56 Å². The molecular formula is C21H15BrFNO2S2. The Labute approximate surface area is 175 Å². The van der Waals surface area contributed by atoms with E-state index in [1.807, 2.05) is 24.3 Å². The highest BCUT2D eigenvalue weighted by atomic mass is 79.9. The molecule has 0 unspecified atom stereocenters. The topological polar surface area (TPSA) is 37.4 Å². The molecule has 28 heavy (non-hydrogen) atoms. The van der Waals surface area contributed by atoms with Crippen molar-refractivity contribution in [2.45, 2.75) is 11.4 Å². The van der Waals surface area contributed by atoms with Crippen molar-refractivity contribution in [1.82, 2.24) is 0 Å². The van der Waals surface area contributed by atoms with E-state index in [0.29, 0.717) is 15.0 Å². The van der Waals surface area contributed by atoms with Gasteiger partial charge in [0.25, 0.3) is 10.0 Å². The van der Waals surface area contributed by atoms with E-state index in [0.717, 1.165) is 10.1 Å². The molecule has 0 fully saturated rings. The second kappa shape index (κ2) is 7.66. The zero-order valence-corrected chi connectivity index (χ0v) is 17.8. The Kier molecular flexibility index (Phi) is 5.23. The third-order valence-corrected chi connectivity index (χ3v) is 8.48. The number of nitrogens with zero attached hydrogens (tertiary/aromatic N) is 1. The normalized spacial score (nSPS) is 11.6. The van der Waals surface area contributed by atoms with Crippen LogP contribution in [-0.2, 0) is 16.6 Å². The lowest BCUT2D eigenvalue weighted by atomic mass is 10.2. The molecule has 3 nitrogen and oxygen atoms in total. The molecule has 0 atom stereocenters. The van der Waals surface area contributed by atoms with Crippen molar-refractivity contribution < 1.29 is 12.8 Å². The van der Waals surface area contributed by atoms with Gasteiger partial charge in [0.05, 0.1) is 15.9 Å². The first kappa shape index (κ1) is 19.1. The van der Waals surface area contributed by atoms with Crippen LogP contribution in [0.25, 0.3) is 10.1 Å². The average Bonchev–Trinajstić information content (AvgIpc) is 3.04. The van der Waals surface area contributed by atoms with Crippen LogP contribution in [0, 0.1) is 5.82 Å². The number of anilines is 1. The van der Waals surface area contributed by atoms with Gasteiger partial charge < -0.3 is 0 Å². The van der Waals surface area contributed by atoms with Gasteiger partial charge in [-0.1, -0.05) is 54.6 Å². The number of hydrogen-bond acceptors (Lipinski definition) is 3. The van der Waals surface area contributed by atoms with Crippen molar-refractivity contribution >= 4 is 52.4 Å². The monoisotopic (exact) mass is 475 g/mol. The fourth-order valence-electron chi connectivity index (χ4n) is 2.93. The lowest BCUT2D eigenvalue weighted by Crippen LogP contribution is -2.30. The summed E-state index contributed by atoms with van der Waals surface area (Å²) in [5.74, 6) is -0.437. The van der Waals surface area contributed by atoms with Crippen molar-refractivity contribution in [1.29, 1.82) is 0 Å². The molecule has 3 aromatic carbocycles. The molecule has 0 spiro atoms. The van der Waals surface area contributed by atoms with Gasteiger partial charge in [0, 0.05) is 15.6 Å². The summed E-state index contributed by atoms with van der Waals surface area (Å²) in [5, 5.41) is 1.44. The van der Waals surface area contributed by atoms with Crippen molar-refractivity contribution in [3.05, 3.63) is 94.7 Å². The van der Waals surface area contributed by atoms with E-state index >= 15 is 0 Å². The quantitative estimate of drug-likeness (QED) is 0.344. The van der Waals surface area contributed by atoms with Crippen molar-refractivity contribution in [3.8, 4) is 0 Å². The molecule has 0 aliphatic carbocycles. The number of rotatable bonds is 5. The lowest BCUT2D eigenvalue weighted by molar-refractivity contribution is 0.585. The van der Waals surface area contributed by atoms with Crippen molar-refractivity contribution in [2.24, 2.45) is 0 Å². The van der Waals surface area contributed by atoms with Gasteiger partial charge in [0.2, 0.25) is 0 Å². The van der Waals surface area contributed by atoms with Gasteiger partial charge in [-0.3, -0.25) is 4.31 Å². The summed E-state index contributed by atoms with van der Waals surface area (Å²) in [4.78, 5) is 0.163.